The minimum absolute atomic E-state index is 0.171. The number of carboxylic acids is 1. The van der Waals surface area contributed by atoms with Crippen LogP contribution in [0.15, 0.2) is 12.1 Å². The molecular weight excluding hydrogens is 243 g/mol. The highest BCUT2D eigenvalue weighted by molar-refractivity contribution is 6.32. The molecule has 0 saturated heterocycles. The highest BCUT2D eigenvalue weighted by atomic mass is 35.5. The quantitative estimate of drug-likeness (QED) is 0.876. The van der Waals surface area contributed by atoms with Gasteiger partial charge in [0.25, 0.3) is 0 Å². The first-order valence-electron chi connectivity index (χ1n) is 5.67. The molecule has 0 aliphatic heterocycles. The molecule has 0 bridgehead atoms. The molecule has 92 valence electrons. The minimum Gasteiger partial charge on any atom is -0.481 e. The molecule has 0 amide bonds. The average Bonchev–Trinajstić information content (AvgIpc) is 2.74. The summed E-state index contributed by atoms with van der Waals surface area (Å²) in [5.74, 6) is -1.48. The zero-order valence-electron chi connectivity index (χ0n) is 9.59. The second kappa shape index (κ2) is 4.30. The van der Waals surface area contributed by atoms with E-state index in [1.807, 2.05) is 0 Å². The van der Waals surface area contributed by atoms with Crippen LogP contribution in [0.3, 0.4) is 0 Å². The molecule has 4 heteroatoms. The summed E-state index contributed by atoms with van der Waals surface area (Å²) in [6, 6.07) is 2.88. The van der Waals surface area contributed by atoms with E-state index in [2.05, 4.69) is 0 Å². The van der Waals surface area contributed by atoms with Gasteiger partial charge in [-0.1, -0.05) is 30.5 Å². The molecule has 17 heavy (non-hydrogen) atoms. The lowest BCUT2D eigenvalue weighted by atomic mass is 9.78. The molecule has 1 aromatic carbocycles. The highest BCUT2D eigenvalue weighted by Crippen LogP contribution is 2.45. The van der Waals surface area contributed by atoms with E-state index in [4.69, 9.17) is 11.6 Å². The monoisotopic (exact) mass is 256 g/mol. The Morgan fingerprint density at radius 3 is 2.53 bits per heavy atom. The molecule has 0 spiro atoms. The van der Waals surface area contributed by atoms with E-state index < -0.39 is 17.2 Å². The van der Waals surface area contributed by atoms with Crippen LogP contribution in [0.2, 0.25) is 5.02 Å². The fraction of sp³-hybridized carbons (Fsp3) is 0.462. The Morgan fingerprint density at radius 2 is 2.00 bits per heavy atom. The van der Waals surface area contributed by atoms with E-state index in [1.165, 1.54) is 6.07 Å². The number of carbonyl (C=O) groups is 1. The highest BCUT2D eigenvalue weighted by Gasteiger charge is 2.46. The van der Waals surface area contributed by atoms with Crippen molar-refractivity contribution in [1.29, 1.82) is 0 Å². The van der Waals surface area contributed by atoms with Crippen molar-refractivity contribution in [3.05, 3.63) is 34.1 Å². The van der Waals surface area contributed by atoms with Gasteiger partial charge in [-0.15, -0.1) is 0 Å². The summed E-state index contributed by atoms with van der Waals surface area (Å²) in [5.41, 5.74) is -0.243. The Morgan fingerprint density at radius 1 is 1.41 bits per heavy atom. The van der Waals surface area contributed by atoms with Gasteiger partial charge in [-0.05, 0) is 31.4 Å². The van der Waals surface area contributed by atoms with Crippen molar-refractivity contribution in [2.24, 2.45) is 0 Å². The summed E-state index contributed by atoms with van der Waals surface area (Å²) >= 11 is 6.11. The van der Waals surface area contributed by atoms with Crippen molar-refractivity contribution in [1.82, 2.24) is 0 Å². The van der Waals surface area contributed by atoms with Crippen LogP contribution < -0.4 is 0 Å². The maximum absolute atomic E-state index is 13.9. The molecule has 2 rings (SSSR count). The van der Waals surface area contributed by atoms with E-state index in [0.717, 1.165) is 18.4 Å². The van der Waals surface area contributed by atoms with E-state index >= 15 is 0 Å². The summed E-state index contributed by atoms with van der Waals surface area (Å²) < 4.78 is 13.9. The fourth-order valence-electron chi connectivity index (χ4n) is 2.64. The predicted octanol–water partition coefficient (Wildman–Crippen LogP) is 3.68. The van der Waals surface area contributed by atoms with Crippen molar-refractivity contribution in [3.63, 3.8) is 0 Å². The molecule has 1 aliphatic carbocycles. The number of rotatable bonds is 2. The molecule has 0 heterocycles. The van der Waals surface area contributed by atoms with Gasteiger partial charge in [0.1, 0.15) is 5.82 Å². The summed E-state index contributed by atoms with van der Waals surface area (Å²) in [7, 11) is 0. The first-order chi connectivity index (χ1) is 7.99. The maximum Gasteiger partial charge on any atom is 0.314 e. The average molecular weight is 257 g/mol. The Bertz CT molecular complexity index is 465. The topological polar surface area (TPSA) is 37.3 Å². The van der Waals surface area contributed by atoms with Crippen molar-refractivity contribution in [2.45, 2.75) is 38.0 Å². The van der Waals surface area contributed by atoms with Crippen LogP contribution in [0.25, 0.3) is 0 Å². The molecule has 1 aromatic rings. The number of carboxylic acid groups (broad SMARTS) is 1. The van der Waals surface area contributed by atoms with E-state index in [0.29, 0.717) is 12.8 Å². The zero-order valence-corrected chi connectivity index (χ0v) is 10.4. The van der Waals surface area contributed by atoms with Crippen LogP contribution >= 0.6 is 11.6 Å². The number of aliphatic carboxylic acids is 1. The van der Waals surface area contributed by atoms with Gasteiger partial charge in [0, 0.05) is 5.56 Å². The second-order valence-corrected chi connectivity index (χ2v) is 5.03. The van der Waals surface area contributed by atoms with Crippen molar-refractivity contribution < 1.29 is 14.3 Å². The van der Waals surface area contributed by atoms with Crippen LogP contribution in [0, 0.1) is 12.7 Å². The summed E-state index contributed by atoms with van der Waals surface area (Å²) in [4.78, 5) is 11.5. The van der Waals surface area contributed by atoms with Crippen molar-refractivity contribution in [2.75, 3.05) is 0 Å². The number of halogens is 2. The van der Waals surface area contributed by atoms with Crippen LogP contribution in [-0.4, -0.2) is 11.1 Å². The van der Waals surface area contributed by atoms with Gasteiger partial charge in [0.05, 0.1) is 10.4 Å². The van der Waals surface area contributed by atoms with E-state index in [-0.39, 0.29) is 10.6 Å². The lowest BCUT2D eigenvalue weighted by molar-refractivity contribution is -0.143. The molecule has 0 aromatic heterocycles. The summed E-state index contributed by atoms with van der Waals surface area (Å²) in [6.07, 6.45) is 2.52. The largest absolute Gasteiger partial charge is 0.481 e. The molecule has 1 aliphatic rings. The standard InChI is InChI=1S/C13H14ClFO2/c1-8-4-5-9(15)10(11(8)14)13(12(16)17)6-2-3-7-13/h4-5H,2-3,6-7H2,1H3,(H,16,17). The number of hydrogen-bond acceptors (Lipinski definition) is 1. The van der Waals surface area contributed by atoms with Gasteiger partial charge >= 0.3 is 5.97 Å². The van der Waals surface area contributed by atoms with Gasteiger partial charge in [0.2, 0.25) is 0 Å². The Kier molecular flexibility index (Phi) is 3.13. The van der Waals surface area contributed by atoms with Crippen LogP contribution in [0.5, 0.6) is 0 Å². The lowest BCUT2D eigenvalue weighted by Gasteiger charge is -2.26. The molecular formula is C13H14ClFO2. The third kappa shape index (κ3) is 1.82. The minimum atomic E-state index is -1.13. The smallest absolute Gasteiger partial charge is 0.314 e. The molecule has 0 radical (unpaired) electrons. The first-order valence-corrected chi connectivity index (χ1v) is 6.05. The Labute approximate surface area is 104 Å². The van der Waals surface area contributed by atoms with Gasteiger partial charge < -0.3 is 5.11 Å². The van der Waals surface area contributed by atoms with Crippen LogP contribution in [0.1, 0.15) is 36.8 Å². The summed E-state index contributed by atoms with van der Waals surface area (Å²) in [6.45, 7) is 1.76. The SMILES string of the molecule is Cc1ccc(F)c(C2(C(=O)O)CCCC2)c1Cl. The van der Waals surface area contributed by atoms with E-state index in [1.54, 1.807) is 13.0 Å². The maximum atomic E-state index is 13.9. The molecule has 0 atom stereocenters. The Balaban J connectivity index is 2.66. The molecule has 1 saturated carbocycles. The van der Waals surface area contributed by atoms with Gasteiger partial charge in [0.15, 0.2) is 0 Å². The third-order valence-corrected chi connectivity index (χ3v) is 4.12. The van der Waals surface area contributed by atoms with Gasteiger partial charge in [-0.3, -0.25) is 4.79 Å². The summed E-state index contributed by atoms with van der Waals surface area (Å²) in [5, 5.41) is 9.69. The number of benzene rings is 1. The van der Waals surface area contributed by atoms with Crippen molar-refractivity contribution in [3.8, 4) is 0 Å². The molecule has 0 unspecified atom stereocenters. The molecule has 2 nitrogen and oxygen atoms in total. The fourth-order valence-corrected chi connectivity index (χ4v) is 2.98. The van der Waals surface area contributed by atoms with Crippen molar-refractivity contribution >= 4 is 17.6 Å². The van der Waals surface area contributed by atoms with E-state index in [9.17, 15) is 14.3 Å². The number of hydrogen-bond donors (Lipinski definition) is 1. The lowest BCUT2D eigenvalue weighted by Crippen LogP contribution is -2.34. The normalized spacial score (nSPS) is 18.3. The van der Waals surface area contributed by atoms with Crippen LogP contribution in [0.4, 0.5) is 4.39 Å². The third-order valence-electron chi connectivity index (χ3n) is 3.63. The predicted molar refractivity (Wildman–Crippen MR) is 63.9 cm³/mol. The second-order valence-electron chi connectivity index (χ2n) is 4.65. The first kappa shape index (κ1) is 12.4. The molecule has 1 fully saturated rings. The van der Waals surface area contributed by atoms with Gasteiger partial charge in [-0.2, -0.15) is 0 Å². The Hall–Kier alpha value is -1.09. The van der Waals surface area contributed by atoms with Crippen LogP contribution in [-0.2, 0) is 10.2 Å². The number of aryl methyl sites for hydroxylation is 1. The van der Waals surface area contributed by atoms with Gasteiger partial charge in [-0.25, -0.2) is 4.39 Å². The zero-order chi connectivity index (χ0) is 12.6. The molecule has 1 N–H and O–H groups in total.